The Kier molecular flexibility index (Phi) is 27.7. The van der Waals surface area contributed by atoms with E-state index in [0.29, 0.717) is 64.1 Å². The van der Waals surface area contributed by atoms with Gasteiger partial charge in [-0.1, -0.05) is 89.1 Å². The fourth-order valence-electron chi connectivity index (χ4n) is 10.7. The molecule has 1 aromatic carbocycles. The molecule has 0 saturated heterocycles. The van der Waals surface area contributed by atoms with Crippen LogP contribution in [0, 0.1) is 29.6 Å². The smallest absolute Gasteiger partial charge is 0.407 e. The fraction of sp³-hybridized carbons (Fsp3) is 0.768. The van der Waals surface area contributed by atoms with E-state index in [1.807, 2.05) is 32.0 Å². The van der Waals surface area contributed by atoms with Crippen molar-refractivity contribution in [3.63, 3.8) is 0 Å². The number of amides is 7. The molecule has 75 heavy (non-hydrogen) atoms. The Labute approximate surface area is 447 Å². The van der Waals surface area contributed by atoms with Crippen LogP contribution in [0.5, 0.6) is 0 Å². The number of alkyl carbamates (subject to hydrolysis) is 2. The van der Waals surface area contributed by atoms with Crippen LogP contribution in [0.4, 0.5) is 9.59 Å². The van der Waals surface area contributed by atoms with Crippen molar-refractivity contribution in [2.24, 2.45) is 29.6 Å². The Morgan fingerprint density at radius 2 is 1.39 bits per heavy atom. The molecule has 19 heteroatoms. The number of carbonyl (C=O) groups excluding carboxylic acids is 7. The molecule has 0 radical (unpaired) electrons. The quantitative estimate of drug-likeness (QED) is 0.0334. The maximum absolute atomic E-state index is 14.8. The molecule has 3 saturated carbocycles. The van der Waals surface area contributed by atoms with Gasteiger partial charge in [-0.3, -0.25) is 24.0 Å². The molecule has 0 unspecified atom stereocenters. The van der Waals surface area contributed by atoms with Crippen molar-refractivity contribution < 1.29 is 52.9 Å². The molecule has 2 bridgehead atoms. The van der Waals surface area contributed by atoms with Crippen LogP contribution in [0.25, 0.3) is 0 Å². The second-order valence-corrected chi connectivity index (χ2v) is 22.5. The lowest BCUT2D eigenvalue weighted by Crippen LogP contribution is -2.62. The van der Waals surface area contributed by atoms with Crippen molar-refractivity contribution in [2.45, 2.75) is 193 Å². The van der Waals surface area contributed by atoms with Crippen LogP contribution < -0.4 is 37.2 Å². The summed E-state index contributed by atoms with van der Waals surface area (Å²) < 4.78 is 16.6. The number of hydrogen-bond donors (Lipinski definition) is 8. The highest BCUT2D eigenvalue weighted by atomic mass is 16.6. The molecule has 8 N–H and O–H groups in total. The van der Waals surface area contributed by atoms with E-state index in [9.17, 15) is 38.7 Å². The largest absolute Gasteiger partial charge is 0.445 e. The van der Waals surface area contributed by atoms with Crippen molar-refractivity contribution in [3.05, 3.63) is 35.9 Å². The van der Waals surface area contributed by atoms with Gasteiger partial charge in [-0.2, -0.15) is 0 Å². The normalized spacial score (nSPS) is 20.1. The van der Waals surface area contributed by atoms with E-state index in [0.717, 1.165) is 55.9 Å². The van der Waals surface area contributed by atoms with Crippen LogP contribution in [-0.4, -0.2) is 141 Å². The zero-order valence-corrected chi connectivity index (χ0v) is 46.3. The van der Waals surface area contributed by atoms with E-state index in [1.165, 1.54) is 32.1 Å². The van der Waals surface area contributed by atoms with Gasteiger partial charge in [0.2, 0.25) is 29.5 Å². The second-order valence-electron chi connectivity index (χ2n) is 22.5. The predicted octanol–water partition coefficient (Wildman–Crippen LogP) is 5.62. The summed E-state index contributed by atoms with van der Waals surface area (Å²) in [5.41, 5.74) is 0.153. The topological polar surface area (TPSA) is 255 Å². The molecule has 3 fully saturated rings. The molecule has 0 spiro atoms. The Morgan fingerprint density at radius 3 is 2.04 bits per heavy atom. The molecular weight excluding hydrogens is 961 g/mol. The average Bonchev–Trinajstić information content (AvgIpc) is 3.52. The molecule has 1 aromatic rings. The standard InChI is InChI=1S/C56H94N8O11/c1-8-18-47(64(7)53(70)38(2)23-24-41-31-42-25-26-43(32-41)33-42)51(68)63-48(44-21-14-9-10-15-22-44)52(69)61-45(34-59-54(71)74-36-40-19-12-11-13-20-40)49(66)62-46(50(67)60-39(3)35-65)37-73-30-17-28-57-27-16-29-58-55(72)75-56(4,5)6/h11-13,19-20,38-39,41-48,57,65H,8-10,14-18,21-37H2,1-7H3,(H,58,72)(H,59,71)(H,60,67)(H,61,69)(H,62,66)(H,63,68)/t38-,39-,41-,42+,43-,45+,46+,47+,48+/m1/s1. The summed E-state index contributed by atoms with van der Waals surface area (Å²) in [5.74, 6) is -0.943. The summed E-state index contributed by atoms with van der Waals surface area (Å²) >= 11 is 0. The minimum atomic E-state index is -1.46. The van der Waals surface area contributed by atoms with Crippen molar-refractivity contribution in [3.8, 4) is 0 Å². The summed E-state index contributed by atoms with van der Waals surface area (Å²) in [6, 6.07) is 3.74. The minimum absolute atomic E-state index is 0.0504. The van der Waals surface area contributed by atoms with Crippen LogP contribution >= 0.6 is 0 Å². The van der Waals surface area contributed by atoms with Crippen molar-refractivity contribution in [2.75, 3.05) is 53.0 Å². The predicted molar refractivity (Wildman–Crippen MR) is 287 cm³/mol. The molecular formula is C56H94N8O11. The molecule has 424 valence electrons. The maximum atomic E-state index is 14.8. The number of rotatable bonds is 31. The lowest BCUT2D eigenvalue weighted by molar-refractivity contribution is -0.143. The van der Waals surface area contributed by atoms with Crippen molar-refractivity contribution in [1.29, 1.82) is 0 Å². The Balaban J connectivity index is 1.46. The number of benzene rings is 1. The minimum Gasteiger partial charge on any atom is -0.445 e. The van der Waals surface area contributed by atoms with Gasteiger partial charge in [0.05, 0.1) is 19.8 Å². The molecule has 3 aliphatic carbocycles. The third kappa shape index (κ3) is 23.4. The first-order chi connectivity index (χ1) is 35.9. The Morgan fingerprint density at radius 1 is 0.733 bits per heavy atom. The summed E-state index contributed by atoms with van der Waals surface area (Å²) in [4.78, 5) is 98.0. The Hall–Kier alpha value is -5.01. The first kappa shape index (κ1) is 62.5. The molecule has 19 nitrogen and oxygen atoms in total. The van der Waals surface area contributed by atoms with E-state index >= 15 is 0 Å². The molecule has 3 aliphatic rings. The highest BCUT2D eigenvalue weighted by Gasteiger charge is 2.39. The lowest BCUT2D eigenvalue weighted by atomic mass is 9.78. The van der Waals surface area contributed by atoms with Crippen LogP contribution in [0.1, 0.15) is 156 Å². The van der Waals surface area contributed by atoms with Crippen LogP contribution in [-0.2, 0) is 44.8 Å². The Bertz CT molecular complexity index is 1900. The zero-order valence-electron chi connectivity index (χ0n) is 46.3. The fourth-order valence-corrected chi connectivity index (χ4v) is 10.7. The number of hydrogen-bond acceptors (Lipinski definition) is 12. The average molecular weight is 1060 g/mol. The summed E-state index contributed by atoms with van der Waals surface area (Å²) in [7, 11) is 1.68. The van der Waals surface area contributed by atoms with Gasteiger partial charge in [-0.25, -0.2) is 9.59 Å². The number of nitrogens with one attached hydrogen (secondary N) is 7. The van der Waals surface area contributed by atoms with Crippen LogP contribution in [0.15, 0.2) is 30.3 Å². The SMILES string of the molecule is CCC[C@@H](C(=O)N[C@H](C(=O)N[C@@H](CNC(=O)OCc1ccccc1)C(=O)N[C@@H](COCCCNCCCNC(=O)OC(C)(C)C)C(=O)N[C@H](C)CO)C1CCCCCC1)N(C)C(=O)[C@H](C)CC[C@@H]1C[C@@H]2CC[C@@H](C2)C1. The van der Waals surface area contributed by atoms with E-state index in [-0.39, 0.29) is 44.2 Å². The number of aliphatic hydroxyl groups excluding tert-OH is 1. The van der Waals surface area contributed by atoms with Gasteiger partial charge < -0.3 is 61.4 Å². The van der Waals surface area contributed by atoms with Gasteiger partial charge in [-0.15, -0.1) is 0 Å². The maximum Gasteiger partial charge on any atom is 0.407 e. The van der Waals surface area contributed by atoms with Crippen molar-refractivity contribution >= 4 is 41.7 Å². The van der Waals surface area contributed by atoms with E-state index < -0.39 is 78.2 Å². The number of nitrogens with zero attached hydrogens (tertiary/aromatic N) is 1. The van der Waals surface area contributed by atoms with Crippen LogP contribution in [0.3, 0.4) is 0 Å². The van der Waals surface area contributed by atoms with Gasteiger partial charge >= 0.3 is 12.2 Å². The first-order valence-electron chi connectivity index (χ1n) is 28.2. The van der Waals surface area contributed by atoms with E-state index in [2.05, 4.69) is 37.2 Å². The third-order valence-corrected chi connectivity index (χ3v) is 14.8. The lowest BCUT2D eigenvalue weighted by Gasteiger charge is -2.34. The summed E-state index contributed by atoms with van der Waals surface area (Å²) in [5, 5.41) is 29.6. The molecule has 0 aliphatic heterocycles. The second kappa shape index (κ2) is 33.2. The number of aliphatic hydroxyl groups is 1. The number of carbonyl (C=O) groups is 7. The molecule has 7 amide bonds. The van der Waals surface area contributed by atoms with Gasteiger partial charge in [0.1, 0.15) is 36.4 Å². The molecule has 0 aromatic heterocycles. The number of likely N-dealkylation sites (N-methyl/N-ethyl adjacent to an activating group) is 1. The zero-order chi connectivity index (χ0) is 54.8. The van der Waals surface area contributed by atoms with Gasteiger partial charge in [0.15, 0.2) is 0 Å². The van der Waals surface area contributed by atoms with Gasteiger partial charge in [-0.05, 0) is 134 Å². The molecule has 4 rings (SSSR count). The molecule has 9 atom stereocenters. The van der Waals surface area contributed by atoms with Crippen LogP contribution in [0.2, 0.25) is 0 Å². The highest BCUT2D eigenvalue weighted by molar-refractivity contribution is 5.96. The number of fused-ring (bicyclic) bond motifs is 2. The van der Waals surface area contributed by atoms with Gasteiger partial charge in [0, 0.05) is 32.2 Å². The van der Waals surface area contributed by atoms with E-state index in [4.69, 9.17) is 14.2 Å². The van der Waals surface area contributed by atoms with Gasteiger partial charge in [0.25, 0.3) is 0 Å². The summed E-state index contributed by atoms with van der Waals surface area (Å²) in [6.07, 6.45) is 14.0. The van der Waals surface area contributed by atoms with E-state index in [1.54, 1.807) is 51.8 Å². The molecule has 0 heterocycles. The highest BCUT2D eigenvalue weighted by Crippen LogP contribution is 2.46. The van der Waals surface area contributed by atoms with Crippen molar-refractivity contribution in [1.82, 2.24) is 42.1 Å². The first-order valence-corrected chi connectivity index (χ1v) is 28.2. The monoisotopic (exact) mass is 1050 g/mol. The third-order valence-electron chi connectivity index (χ3n) is 14.8. The summed E-state index contributed by atoms with van der Waals surface area (Å²) in [6.45, 7) is 11.6. The number of ether oxygens (including phenoxy) is 3.